The highest BCUT2D eigenvalue weighted by Gasteiger charge is 1.93. The Kier molecular flexibility index (Phi) is 16.0. The summed E-state index contributed by atoms with van der Waals surface area (Å²) in [7, 11) is 0. The number of hydrogen-bond acceptors (Lipinski definition) is 0. The second-order valence-electron chi connectivity index (χ2n) is 5.17. The molecular weight excluding hydrogens is 204 g/mol. The van der Waals surface area contributed by atoms with Crippen LogP contribution in [0.25, 0.3) is 0 Å². The second-order valence-corrected chi connectivity index (χ2v) is 5.17. The van der Waals surface area contributed by atoms with Crippen LogP contribution in [0.3, 0.4) is 0 Å². The van der Waals surface area contributed by atoms with Crippen molar-refractivity contribution in [1.29, 1.82) is 0 Å². The first-order valence-corrected chi connectivity index (χ1v) is 7.82. The van der Waals surface area contributed by atoms with E-state index in [1.165, 1.54) is 83.5 Å². The molecule has 0 spiro atoms. The molecule has 0 atom stereocenters. The van der Waals surface area contributed by atoms with Crippen LogP contribution in [0.15, 0.2) is 0 Å². The molecule has 0 saturated carbocycles. The third-order valence-corrected chi connectivity index (χ3v) is 3.41. The van der Waals surface area contributed by atoms with E-state index in [1.807, 2.05) is 6.42 Å². The van der Waals surface area contributed by atoms with Gasteiger partial charge >= 0.3 is 0 Å². The summed E-state index contributed by atoms with van der Waals surface area (Å²) in [5, 5.41) is 0. The molecule has 0 saturated heterocycles. The van der Waals surface area contributed by atoms with E-state index in [-0.39, 0.29) is 0 Å². The van der Waals surface area contributed by atoms with E-state index < -0.39 is 0 Å². The summed E-state index contributed by atoms with van der Waals surface area (Å²) in [5.74, 6) is 0. The Balaban J connectivity index is 2.85. The van der Waals surface area contributed by atoms with E-state index in [0.717, 1.165) is 6.42 Å². The van der Waals surface area contributed by atoms with Gasteiger partial charge in [0, 0.05) is 0 Å². The minimum absolute atomic E-state index is 1.12. The normalized spacial score (nSPS) is 10.9. The van der Waals surface area contributed by atoms with Gasteiger partial charge in [-0.25, -0.2) is 0 Å². The Morgan fingerprint density at radius 1 is 0.529 bits per heavy atom. The molecule has 0 aromatic heterocycles. The molecule has 0 aromatic carbocycles. The van der Waals surface area contributed by atoms with Crippen LogP contribution in [0.5, 0.6) is 0 Å². The SMILES string of the molecule is [CH2][CH]CCCCCCCCCCCCCC[CH2]. The van der Waals surface area contributed by atoms with Crippen LogP contribution in [0, 0.1) is 20.3 Å². The van der Waals surface area contributed by atoms with Crippen LogP contribution in [-0.2, 0) is 0 Å². The van der Waals surface area contributed by atoms with E-state index in [9.17, 15) is 0 Å². The number of unbranched alkanes of at least 4 members (excludes halogenated alkanes) is 14. The van der Waals surface area contributed by atoms with Crippen LogP contribution in [-0.4, -0.2) is 0 Å². The molecule has 101 valence electrons. The van der Waals surface area contributed by atoms with Gasteiger partial charge in [-0.2, -0.15) is 0 Å². The van der Waals surface area contributed by atoms with Crippen molar-refractivity contribution < 1.29 is 0 Å². The van der Waals surface area contributed by atoms with Crippen LogP contribution < -0.4 is 0 Å². The standard InChI is InChI=1S/C17H33/c1-3-5-7-9-11-13-15-17-16-14-12-10-8-6-4-2/h3H,1-2,4-17H2. The van der Waals surface area contributed by atoms with Crippen LogP contribution in [0.2, 0.25) is 0 Å². The van der Waals surface area contributed by atoms with Crippen molar-refractivity contribution in [2.24, 2.45) is 0 Å². The van der Waals surface area contributed by atoms with Crippen molar-refractivity contribution in [3.05, 3.63) is 20.3 Å². The summed E-state index contributed by atoms with van der Waals surface area (Å²) < 4.78 is 0. The molecule has 0 rings (SSSR count). The summed E-state index contributed by atoms with van der Waals surface area (Å²) in [5.41, 5.74) is 0. The summed E-state index contributed by atoms with van der Waals surface area (Å²) >= 11 is 0. The van der Waals surface area contributed by atoms with E-state index in [2.05, 4.69) is 13.8 Å². The molecule has 0 bridgehead atoms. The minimum Gasteiger partial charge on any atom is -0.0533 e. The molecule has 17 heavy (non-hydrogen) atoms. The van der Waals surface area contributed by atoms with Gasteiger partial charge in [0.1, 0.15) is 0 Å². The summed E-state index contributed by atoms with van der Waals surface area (Å²) in [6.45, 7) is 7.63. The van der Waals surface area contributed by atoms with Gasteiger partial charge in [0.15, 0.2) is 0 Å². The fraction of sp³-hybridized carbons (Fsp3) is 0.824. The molecule has 0 aliphatic rings. The zero-order valence-electron chi connectivity index (χ0n) is 11.9. The smallest absolute Gasteiger partial charge is 0.0386 e. The van der Waals surface area contributed by atoms with E-state index in [4.69, 9.17) is 0 Å². The topological polar surface area (TPSA) is 0 Å². The lowest BCUT2D eigenvalue weighted by atomic mass is 10.0. The maximum atomic E-state index is 3.87. The average Bonchev–Trinajstić information content (AvgIpc) is 2.35. The Bertz CT molecular complexity index is 103. The molecule has 0 N–H and O–H groups in total. The molecule has 0 aliphatic heterocycles. The van der Waals surface area contributed by atoms with Gasteiger partial charge in [0.2, 0.25) is 0 Å². The lowest BCUT2D eigenvalue weighted by Crippen LogP contribution is -1.83. The van der Waals surface area contributed by atoms with E-state index in [0.29, 0.717) is 0 Å². The predicted octanol–water partition coefficient (Wildman–Crippen LogP) is 6.32. The molecule has 0 nitrogen and oxygen atoms in total. The van der Waals surface area contributed by atoms with Gasteiger partial charge in [-0.1, -0.05) is 96.8 Å². The maximum Gasteiger partial charge on any atom is -0.0386 e. The van der Waals surface area contributed by atoms with Crippen molar-refractivity contribution in [2.45, 2.75) is 89.9 Å². The van der Waals surface area contributed by atoms with Gasteiger partial charge in [-0.15, -0.1) is 0 Å². The first-order valence-electron chi connectivity index (χ1n) is 7.82. The zero-order valence-corrected chi connectivity index (χ0v) is 11.9. The van der Waals surface area contributed by atoms with Crippen molar-refractivity contribution in [2.75, 3.05) is 0 Å². The minimum atomic E-state index is 1.12. The maximum absolute atomic E-state index is 3.87. The van der Waals surface area contributed by atoms with E-state index in [1.54, 1.807) is 0 Å². The molecule has 0 aromatic rings. The van der Waals surface area contributed by atoms with Crippen molar-refractivity contribution in [3.63, 3.8) is 0 Å². The molecule has 0 heteroatoms. The van der Waals surface area contributed by atoms with Crippen molar-refractivity contribution in [3.8, 4) is 0 Å². The monoisotopic (exact) mass is 237 g/mol. The third kappa shape index (κ3) is 16.0. The summed E-state index contributed by atoms with van der Waals surface area (Å²) in [6.07, 6.45) is 21.4. The molecule has 3 radical (unpaired) electrons. The predicted molar refractivity (Wildman–Crippen MR) is 79.7 cm³/mol. The fourth-order valence-corrected chi connectivity index (χ4v) is 2.23. The Hall–Kier alpha value is 0. The molecule has 0 unspecified atom stereocenters. The third-order valence-electron chi connectivity index (χ3n) is 3.41. The molecule has 0 fully saturated rings. The number of rotatable bonds is 14. The van der Waals surface area contributed by atoms with Crippen molar-refractivity contribution in [1.82, 2.24) is 0 Å². The average molecular weight is 237 g/mol. The molecular formula is C17H33. The highest BCUT2D eigenvalue weighted by molar-refractivity contribution is 4.65. The van der Waals surface area contributed by atoms with Gasteiger partial charge in [-0.3, -0.25) is 0 Å². The Morgan fingerprint density at radius 3 is 1.24 bits per heavy atom. The van der Waals surface area contributed by atoms with Gasteiger partial charge < -0.3 is 0 Å². The quantitative estimate of drug-likeness (QED) is 0.310. The molecule has 0 heterocycles. The molecule has 0 amide bonds. The second kappa shape index (κ2) is 16.0. The van der Waals surface area contributed by atoms with E-state index >= 15 is 0 Å². The van der Waals surface area contributed by atoms with Crippen LogP contribution in [0.4, 0.5) is 0 Å². The largest absolute Gasteiger partial charge is 0.0533 e. The molecule has 0 aliphatic carbocycles. The summed E-state index contributed by atoms with van der Waals surface area (Å²) in [6, 6.07) is 0. The highest BCUT2D eigenvalue weighted by Crippen LogP contribution is 2.12. The first-order chi connectivity index (χ1) is 8.41. The lowest BCUT2D eigenvalue weighted by Gasteiger charge is -2.02. The van der Waals surface area contributed by atoms with Gasteiger partial charge in [-0.05, 0) is 13.3 Å². The van der Waals surface area contributed by atoms with Crippen molar-refractivity contribution >= 4 is 0 Å². The zero-order chi connectivity index (χ0) is 12.6. The Morgan fingerprint density at radius 2 is 0.882 bits per heavy atom. The first kappa shape index (κ1) is 17.0. The lowest BCUT2D eigenvalue weighted by molar-refractivity contribution is 0.541. The number of hydrogen-bond donors (Lipinski definition) is 0. The van der Waals surface area contributed by atoms with Gasteiger partial charge in [0.05, 0.1) is 0 Å². The fourth-order valence-electron chi connectivity index (χ4n) is 2.23. The van der Waals surface area contributed by atoms with Crippen LogP contribution >= 0.6 is 0 Å². The Labute approximate surface area is 111 Å². The van der Waals surface area contributed by atoms with Crippen LogP contribution in [0.1, 0.15) is 89.9 Å². The summed E-state index contributed by atoms with van der Waals surface area (Å²) in [4.78, 5) is 0. The highest BCUT2D eigenvalue weighted by atomic mass is 14.0. The van der Waals surface area contributed by atoms with Gasteiger partial charge in [0.25, 0.3) is 0 Å².